The van der Waals surface area contributed by atoms with Crippen LogP contribution in [0.5, 0.6) is 0 Å². The van der Waals surface area contributed by atoms with Crippen molar-refractivity contribution in [1.29, 1.82) is 0 Å². The maximum atomic E-state index is 12.0. The molecule has 2 saturated heterocycles. The number of aliphatic hydroxyl groups excluding tert-OH is 1. The van der Waals surface area contributed by atoms with E-state index in [4.69, 9.17) is 19.9 Å². The number of nitrogens with one attached hydrogen (secondary N) is 1. The molecule has 4 atom stereocenters. The zero-order chi connectivity index (χ0) is 16.4. The highest BCUT2D eigenvalue weighted by Crippen LogP contribution is 2.43. The summed E-state index contributed by atoms with van der Waals surface area (Å²) >= 11 is 0. The van der Waals surface area contributed by atoms with E-state index < -0.39 is 30.3 Å². The SMILES string of the molecule is CC1(C)OC2[C@@H](O1)[C@H](n1ccc3c(=O)[nH]c(N)nc31)O[C@@H]2CO. The predicted molar refractivity (Wildman–Crippen MR) is 79.6 cm³/mol. The summed E-state index contributed by atoms with van der Waals surface area (Å²) in [5, 5.41) is 9.95. The van der Waals surface area contributed by atoms with Crippen molar-refractivity contribution in [2.24, 2.45) is 0 Å². The standard InChI is InChI=1S/C14H18N4O5/c1-14(2)22-8-7(5-19)21-12(9(8)23-14)18-4-3-6-10(18)16-13(15)17-11(6)20/h3-4,7-9,12,19H,5H2,1-2H3,(H3,15,16,17,20)/t7-,8?,9-,12-/m1/s1. The van der Waals surface area contributed by atoms with E-state index in [9.17, 15) is 9.90 Å². The number of nitrogen functional groups attached to an aromatic ring is 1. The van der Waals surface area contributed by atoms with Crippen LogP contribution in [0.3, 0.4) is 0 Å². The van der Waals surface area contributed by atoms with Crippen LogP contribution in [0, 0.1) is 0 Å². The normalized spacial score (nSPS) is 32.5. The van der Waals surface area contributed by atoms with Gasteiger partial charge >= 0.3 is 0 Å². The van der Waals surface area contributed by atoms with Gasteiger partial charge in [-0.1, -0.05) is 0 Å². The molecule has 0 saturated carbocycles. The largest absolute Gasteiger partial charge is 0.394 e. The molecule has 2 fully saturated rings. The first-order valence-corrected chi connectivity index (χ1v) is 7.38. The van der Waals surface area contributed by atoms with Crippen LogP contribution in [0.15, 0.2) is 17.1 Å². The molecule has 9 heteroatoms. The number of aliphatic hydroxyl groups is 1. The van der Waals surface area contributed by atoms with E-state index >= 15 is 0 Å². The van der Waals surface area contributed by atoms with Crippen molar-refractivity contribution in [3.8, 4) is 0 Å². The van der Waals surface area contributed by atoms with E-state index in [-0.39, 0.29) is 18.1 Å². The molecule has 2 aliphatic heterocycles. The smallest absolute Gasteiger partial charge is 0.261 e. The van der Waals surface area contributed by atoms with Gasteiger partial charge in [-0.2, -0.15) is 4.98 Å². The number of aromatic amines is 1. The van der Waals surface area contributed by atoms with Crippen LogP contribution in [-0.2, 0) is 14.2 Å². The molecule has 0 aliphatic carbocycles. The fourth-order valence-electron chi connectivity index (χ4n) is 3.30. The molecule has 4 heterocycles. The highest BCUT2D eigenvalue weighted by molar-refractivity contribution is 5.76. The number of nitrogens with two attached hydrogens (primary N) is 1. The Morgan fingerprint density at radius 1 is 1.43 bits per heavy atom. The first kappa shape index (κ1) is 14.6. The summed E-state index contributed by atoms with van der Waals surface area (Å²) in [6.45, 7) is 3.43. The van der Waals surface area contributed by atoms with Gasteiger partial charge in [0.15, 0.2) is 17.7 Å². The van der Waals surface area contributed by atoms with Crippen molar-refractivity contribution in [1.82, 2.24) is 14.5 Å². The van der Waals surface area contributed by atoms with E-state index in [2.05, 4.69) is 9.97 Å². The van der Waals surface area contributed by atoms with Crippen LogP contribution in [0.2, 0.25) is 0 Å². The second kappa shape index (κ2) is 4.78. The van der Waals surface area contributed by atoms with Crippen molar-refractivity contribution < 1.29 is 19.3 Å². The molecule has 0 aromatic carbocycles. The third kappa shape index (κ3) is 2.16. The summed E-state index contributed by atoms with van der Waals surface area (Å²) in [4.78, 5) is 18.6. The van der Waals surface area contributed by atoms with E-state index in [0.717, 1.165) is 0 Å². The average Bonchev–Trinajstić information content (AvgIpc) is 3.09. The van der Waals surface area contributed by atoms with E-state index in [1.807, 2.05) is 13.8 Å². The molecule has 2 aromatic heterocycles. The lowest BCUT2D eigenvalue weighted by Gasteiger charge is -2.24. The van der Waals surface area contributed by atoms with Crippen molar-refractivity contribution in [2.45, 2.75) is 44.2 Å². The van der Waals surface area contributed by atoms with Gasteiger partial charge in [-0.15, -0.1) is 0 Å². The van der Waals surface area contributed by atoms with Crippen molar-refractivity contribution in [3.63, 3.8) is 0 Å². The van der Waals surface area contributed by atoms with Crippen LogP contribution < -0.4 is 11.3 Å². The summed E-state index contributed by atoms with van der Waals surface area (Å²) in [5.41, 5.74) is 5.73. The summed E-state index contributed by atoms with van der Waals surface area (Å²) in [6, 6.07) is 1.65. The maximum Gasteiger partial charge on any atom is 0.261 e. The van der Waals surface area contributed by atoms with E-state index in [1.165, 1.54) is 0 Å². The number of ether oxygens (including phenoxy) is 3. The van der Waals surface area contributed by atoms with Gasteiger partial charge in [0.05, 0.1) is 12.0 Å². The second-order valence-corrected chi connectivity index (χ2v) is 6.22. The van der Waals surface area contributed by atoms with Crippen LogP contribution in [0.4, 0.5) is 5.95 Å². The predicted octanol–water partition coefficient (Wildman–Crippen LogP) is -0.283. The summed E-state index contributed by atoms with van der Waals surface area (Å²) in [5.74, 6) is -0.739. The molecule has 0 amide bonds. The molecular formula is C14H18N4O5. The lowest BCUT2D eigenvalue weighted by molar-refractivity contribution is -0.199. The Bertz CT molecular complexity index is 813. The molecule has 4 N–H and O–H groups in total. The molecule has 124 valence electrons. The number of anilines is 1. The van der Waals surface area contributed by atoms with Gasteiger partial charge in [-0.05, 0) is 19.9 Å². The van der Waals surface area contributed by atoms with Crippen molar-refractivity contribution in [3.05, 3.63) is 22.6 Å². The average molecular weight is 322 g/mol. The van der Waals surface area contributed by atoms with Gasteiger partial charge in [0, 0.05) is 6.20 Å². The van der Waals surface area contributed by atoms with Gasteiger partial charge in [-0.3, -0.25) is 9.78 Å². The highest BCUT2D eigenvalue weighted by atomic mass is 16.8. The van der Waals surface area contributed by atoms with Crippen LogP contribution in [0.25, 0.3) is 11.0 Å². The van der Waals surface area contributed by atoms with Gasteiger partial charge in [0.2, 0.25) is 5.95 Å². The molecule has 2 aliphatic rings. The number of aromatic nitrogens is 3. The van der Waals surface area contributed by atoms with Crippen LogP contribution >= 0.6 is 0 Å². The summed E-state index contributed by atoms with van der Waals surface area (Å²) < 4.78 is 19.3. The molecule has 23 heavy (non-hydrogen) atoms. The third-order valence-electron chi connectivity index (χ3n) is 4.18. The zero-order valence-corrected chi connectivity index (χ0v) is 12.7. The maximum absolute atomic E-state index is 12.0. The monoisotopic (exact) mass is 322 g/mol. The van der Waals surface area contributed by atoms with Gasteiger partial charge in [0.1, 0.15) is 18.3 Å². The zero-order valence-electron chi connectivity index (χ0n) is 12.7. The number of rotatable bonds is 2. The Hall–Kier alpha value is -1.94. The van der Waals surface area contributed by atoms with Crippen molar-refractivity contribution >= 4 is 17.0 Å². The fraction of sp³-hybridized carbons (Fsp3) is 0.571. The Balaban J connectivity index is 1.80. The number of H-pyrrole nitrogens is 1. The summed E-state index contributed by atoms with van der Waals surface area (Å²) in [6.07, 6.45) is -0.187. The van der Waals surface area contributed by atoms with E-state index in [1.54, 1.807) is 16.8 Å². The van der Waals surface area contributed by atoms with Gasteiger partial charge < -0.3 is 29.6 Å². The molecule has 0 radical (unpaired) electrons. The molecular weight excluding hydrogens is 304 g/mol. The number of hydrogen-bond donors (Lipinski definition) is 3. The minimum absolute atomic E-state index is 0.0274. The second-order valence-electron chi connectivity index (χ2n) is 6.22. The quantitative estimate of drug-likeness (QED) is 0.694. The van der Waals surface area contributed by atoms with E-state index in [0.29, 0.717) is 11.0 Å². The summed E-state index contributed by atoms with van der Waals surface area (Å²) in [7, 11) is 0. The first-order chi connectivity index (χ1) is 10.9. The lowest BCUT2D eigenvalue weighted by Crippen LogP contribution is -2.31. The Kier molecular flexibility index (Phi) is 3.04. The molecule has 1 unspecified atom stereocenters. The fourth-order valence-corrected chi connectivity index (χ4v) is 3.30. The highest BCUT2D eigenvalue weighted by Gasteiger charge is 2.55. The topological polar surface area (TPSA) is 125 Å². The molecule has 0 bridgehead atoms. The first-order valence-electron chi connectivity index (χ1n) is 7.38. The van der Waals surface area contributed by atoms with Crippen molar-refractivity contribution in [2.75, 3.05) is 12.3 Å². The molecule has 9 nitrogen and oxygen atoms in total. The molecule has 0 spiro atoms. The number of nitrogens with zero attached hydrogens (tertiary/aromatic N) is 2. The minimum Gasteiger partial charge on any atom is -0.394 e. The van der Waals surface area contributed by atoms with Gasteiger partial charge in [-0.25, -0.2) is 0 Å². The Labute approximate surface area is 131 Å². The number of hydrogen-bond acceptors (Lipinski definition) is 7. The van der Waals surface area contributed by atoms with Crippen LogP contribution in [0.1, 0.15) is 20.1 Å². The Morgan fingerprint density at radius 2 is 2.17 bits per heavy atom. The lowest BCUT2D eigenvalue weighted by atomic mass is 10.1. The number of fused-ring (bicyclic) bond motifs is 2. The molecule has 2 aromatic rings. The third-order valence-corrected chi connectivity index (χ3v) is 4.18. The Morgan fingerprint density at radius 3 is 2.91 bits per heavy atom. The van der Waals surface area contributed by atoms with Crippen LogP contribution in [-0.4, -0.2) is 50.3 Å². The minimum atomic E-state index is -0.766. The molecule has 4 rings (SSSR count). The van der Waals surface area contributed by atoms with Gasteiger partial charge in [0.25, 0.3) is 5.56 Å².